The molecular formula is C24H26N4O3. The molecule has 7 heteroatoms. The predicted octanol–water partition coefficient (Wildman–Crippen LogP) is 3.04. The van der Waals surface area contributed by atoms with Crippen LogP contribution in [0.3, 0.4) is 0 Å². The number of ether oxygens (including phenoxy) is 1. The van der Waals surface area contributed by atoms with Crippen LogP contribution in [0.5, 0.6) is 0 Å². The number of aromatic nitrogens is 2. The second-order valence-electron chi connectivity index (χ2n) is 7.44. The molecule has 0 N–H and O–H groups in total. The van der Waals surface area contributed by atoms with Crippen molar-refractivity contribution in [3.05, 3.63) is 82.3 Å². The zero-order valence-corrected chi connectivity index (χ0v) is 17.8. The molecule has 0 atom stereocenters. The highest BCUT2D eigenvalue weighted by Crippen LogP contribution is 2.23. The number of para-hydroxylation sites is 2. The second-order valence-corrected chi connectivity index (χ2v) is 7.44. The number of benzene rings is 2. The van der Waals surface area contributed by atoms with E-state index in [1.165, 1.54) is 16.4 Å². The van der Waals surface area contributed by atoms with Crippen molar-refractivity contribution in [2.45, 2.75) is 13.8 Å². The normalized spacial score (nSPS) is 13.9. The number of anilines is 2. The molecule has 1 aliphatic heterocycles. The molecule has 1 fully saturated rings. The smallest absolute Gasteiger partial charge is 0.360 e. The van der Waals surface area contributed by atoms with Gasteiger partial charge in [-0.1, -0.05) is 36.4 Å². The van der Waals surface area contributed by atoms with Gasteiger partial charge in [0.1, 0.15) is 0 Å². The van der Waals surface area contributed by atoms with Gasteiger partial charge in [0, 0.05) is 37.9 Å². The molecule has 1 saturated heterocycles. The van der Waals surface area contributed by atoms with E-state index in [0.29, 0.717) is 24.5 Å². The maximum absolute atomic E-state index is 13.0. The molecule has 1 aliphatic rings. The zero-order valence-electron chi connectivity index (χ0n) is 17.8. The minimum Gasteiger partial charge on any atom is -0.461 e. The first kappa shape index (κ1) is 20.7. The highest BCUT2D eigenvalue weighted by atomic mass is 16.5. The van der Waals surface area contributed by atoms with Crippen molar-refractivity contribution in [2.24, 2.45) is 0 Å². The van der Waals surface area contributed by atoms with Gasteiger partial charge in [-0.25, -0.2) is 4.79 Å². The average molecular weight is 418 g/mol. The SMILES string of the molecule is CCOC(=O)c1nn(-c2ccccc2C)c(=O)cc1N1CCN(c2ccccc2)CC1. The van der Waals surface area contributed by atoms with E-state index in [0.717, 1.165) is 18.7 Å². The van der Waals surface area contributed by atoms with E-state index in [1.807, 2.05) is 54.3 Å². The van der Waals surface area contributed by atoms with Crippen LogP contribution in [-0.2, 0) is 4.74 Å². The van der Waals surface area contributed by atoms with Gasteiger partial charge in [0.2, 0.25) is 0 Å². The molecule has 1 aromatic heterocycles. The van der Waals surface area contributed by atoms with Crippen LogP contribution in [0.4, 0.5) is 11.4 Å². The number of esters is 1. The van der Waals surface area contributed by atoms with E-state index in [-0.39, 0.29) is 17.9 Å². The second kappa shape index (κ2) is 9.04. The Bertz CT molecular complexity index is 1120. The number of hydrogen-bond acceptors (Lipinski definition) is 6. The van der Waals surface area contributed by atoms with Crippen LogP contribution in [0.2, 0.25) is 0 Å². The van der Waals surface area contributed by atoms with Crippen LogP contribution in [0.1, 0.15) is 23.0 Å². The Morgan fingerprint density at radius 3 is 2.26 bits per heavy atom. The number of piperazine rings is 1. The summed E-state index contributed by atoms with van der Waals surface area (Å²) in [4.78, 5) is 30.0. The Morgan fingerprint density at radius 2 is 1.58 bits per heavy atom. The average Bonchev–Trinajstić information content (AvgIpc) is 2.80. The maximum atomic E-state index is 13.0. The molecule has 2 heterocycles. The molecule has 0 bridgehead atoms. The van der Waals surface area contributed by atoms with Crippen molar-refractivity contribution in [1.29, 1.82) is 0 Å². The monoisotopic (exact) mass is 418 g/mol. The van der Waals surface area contributed by atoms with E-state index in [2.05, 4.69) is 22.1 Å². The zero-order chi connectivity index (χ0) is 21.8. The molecule has 0 aliphatic carbocycles. The lowest BCUT2D eigenvalue weighted by atomic mass is 10.2. The molecule has 2 aromatic carbocycles. The van der Waals surface area contributed by atoms with Crippen molar-refractivity contribution in [2.75, 3.05) is 42.6 Å². The first-order valence-corrected chi connectivity index (χ1v) is 10.5. The number of aryl methyl sites for hydroxylation is 1. The van der Waals surface area contributed by atoms with Crippen molar-refractivity contribution in [1.82, 2.24) is 9.78 Å². The topological polar surface area (TPSA) is 67.7 Å². The van der Waals surface area contributed by atoms with Crippen molar-refractivity contribution in [3.63, 3.8) is 0 Å². The fourth-order valence-electron chi connectivity index (χ4n) is 3.85. The fraction of sp³-hybridized carbons (Fsp3) is 0.292. The molecule has 7 nitrogen and oxygen atoms in total. The van der Waals surface area contributed by atoms with Gasteiger partial charge in [-0.3, -0.25) is 4.79 Å². The van der Waals surface area contributed by atoms with Gasteiger partial charge in [0.15, 0.2) is 5.69 Å². The van der Waals surface area contributed by atoms with Crippen LogP contribution in [0.25, 0.3) is 5.69 Å². The van der Waals surface area contributed by atoms with Gasteiger partial charge in [-0.05, 0) is 37.6 Å². The van der Waals surface area contributed by atoms with Crippen molar-refractivity contribution >= 4 is 17.3 Å². The third-order valence-corrected chi connectivity index (χ3v) is 5.47. The van der Waals surface area contributed by atoms with Gasteiger partial charge >= 0.3 is 5.97 Å². The standard InChI is InChI=1S/C24H26N4O3/c1-3-31-24(30)23-21(17-22(29)28(25-23)20-12-8-7-9-18(20)2)27-15-13-26(14-16-27)19-10-5-4-6-11-19/h4-12,17H,3,13-16H2,1-2H3. The molecule has 0 saturated carbocycles. The Morgan fingerprint density at radius 1 is 0.935 bits per heavy atom. The van der Waals surface area contributed by atoms with Crippen molar-refractivity contribution in [3.8, 4) is 5.69 Å². The van der Waals surface area contributed by atoms with Crippen LogP contribution in [0, 0.1) is 6.92 Å². The Balaban J connectivity index is 1.67. The molecular weight excluding hydrogens is 392 g/mol. The van der Waals surface area contributed by atoms with E-state index >= 15 is 0 Å². The number of carbonyl (C=O) groups is 1. The molecule has 4 rings (SSSR count). The minimum atomic E-state index is -0.523. The van der Waals surface area contributed by atoms with Gasteiger partial charge in [0.05, 0.1) is 18.0 Å². The van der Waals surface area contributed by atoms with Crippen molar-refractivity contribution < 1.29 is 9.53 Å². The largest absolute Gasteiger partial charge is 0.461 e. The molecule has 160 valence electrons. The Kier molecular flexibility index (Phi) is 6.02. The van der Waals surface area contributed by atoms with Gasteiger partial charge in [-0.15, -0.1) is 0 Å². The fourth-order valence-corrected chi connectivity index (χ4v) is 3.85. The Labute approximate surface area is 181 Å². The van der Waals surface area contributed by atoms with Gasteiger partial charge < -0.3 is 14.5 Å². The summed E-state index contributed by atoms with van der Waals surface area (Å²) in [6.45, 7) is 6.83. The van der Waals surface area contributed by atoms with E-state index in [1.54, 1.807) is 6.92 Å². The number of rotatable bonds is 5. The van der Waals surface area contributed by atoms with Gasteiger partial charge in [0.25, 0.3) is 5.56 Å². The lowest BCUT2D eigenvalue weighted by Crippen LogP contribution is -2.47. The maximum Gasteiger partial charge on any atom is 0.360 e. The third-order valence-electron chi connectivity index (χ3n) is 5.47. The van der Waals surface area contributed by atoms with Crippen LogP contribution in [-0.4, -0.2) is 48.5 Å². The van der Waals surface area contributed by atoms with E-state index in [4.69, 9.17) is 4.74 Å². The Hall–Kier alpha value is -3.61. The lowest BCUT2D eigenvalue weighted by Gasteiger charge is -2.37. The molecule has 0 amide bonds. The summed E-state index contributed by atoms with van der Waals surface area (Å²) >= 11 is 0. The summed E-state index contributed by atoms with van der Waals surface area (Å²) in [6.07, 6.45) is 0. The summed E-state index contributed by atoms with van der Waals surface area (Å²) in [7, 11) is 0. The number of nitrogens with zero attached hydrogens (tertiary/aromatic N) is 4. The van der Waals surface area contributed by atoms with Crippen LogP contribution < -0.4 is 15.4 Å². The summed E-state index contributed by atoms with van der Waals surface area (Å²) in [5.41, 5.74) is 3.14. The molecule has 0 unspecified atom stereocenters. The molecule has 31 heavy (non-hydrogen) atoms. The highest BCUT2D eigenvalue weighted by Gasteiger charge is 2.26. The lowest BCUT2D eigenvalue weighted by molar-refractivity contribution is 0.0518. The van der Waals surface area contributed by atoms with Gasteiger partial charge in [-0.2, -0.15) is 9.78 Å². The highest BCUT2D eigenvalue weighted by molar-refractivity contribution is 5.93. The molecule has 0 spiro atoms. The number of hydrogen-bond donors (Lipinski definition) is 0. The van der Waals surface area contributed by atoms with E-state index in [9.17, 15) is 9.59 Å². The summed E-state index contributed by atoms with van der Waals surface area (Å²) in [5, 5.41) is 4.45. The quantitative estimate of drug-likeness (QED) is 0.594. The van der Waals surface area contributed by atoms with E-state index < -0.39 is 5.97 Å². The molecule has 0 radical (unpaired) electrons. The summed E-state index contributed by atoms with van der Waals surface area (Å²) in [5.74, 6) is -0.523. The van der Waals surface area contributed by atoms with Crippen LogP contribution in [0.15, 0.2) is 65.5 Å². The number of carbonyl (C=O) groups excluding carboxylic acids is 1. The molecule has 3 aromatic rings. The summed E-state index contributed by atoms with van der Waals surface area (Å²) in [6, 6.07) is 19.2. The third kappa shape index (κ3) is 4.30. The summed E-state index contributed by atoms with van der Waals surface area (Å²) < 4.78 is 6.54. The van der Waals surface area contributed by atoms with Crippen LogP contribution >= 0.6 is 0 Å². The predicted molar refractivity (Wildman–Crippen MR) is 121 cm³/mol. The minimum absolute atomic E-state index is 0.165. The first-order valence-electron chi connectivity index (χ1n) is 10.5. The first-order chi connectivity index (χ1) is 15.1.